The number of rotatable bonds is 2. The van der Waals surface area contributed by atoms with Gasteiger partial charge in [0.05, 0.1) is 28.1 Å². The van der Waals surface area contributed by atoms with Crippen molar-refractivity contribution in [2.24, 2.45) is 0 Å². The molecule has 25 heavy (non-hydrogen) atoms. The van der Waals surface area contributed by atoms with Crippen LogP contribution in [0.15, 0.2) is 42.5 Å². The zero-order valence-corrected chi connectivity index (χ0v) is 14.5. The quantitative estimate of drug-likeness (QED) is 0.766. The lowest BCUT2D eigenvalue weighted by atomic mass is 9.84. The molecule has 0 radical (unpaired) electrons. The van der Waals surface area contributed by atoms with E-state index in [2.05, 4.69) is 4.98 Å². The first kappa shape index (κ1) is 18.0. The zero-order valence-electron chi connectivity index (χ0n) is 14.5. The summed E-state index contributed by atoms with van der Waals surface area (Å²) in [6, 6.07) is 10.3. The summed E-state index contributed by atoms with van der Waals surface area (Å²) < 4.78 is 50.7. The van der Waals surface area contributed by atoms with Gasteiger partial charge in [0.15, 0.2) is 0 Å². The van der Waals surface area contributed by atoms with Crippen LogP contribution in [0.2, 0.25) is 0 Å². The maximum atomic E-state index is 12.9. The van der Waals surface area contributed by atoms with Crippen LogP contribution in [0.4, 0.5) is 13.2 Å². The Balaban J connectivity index is 1.94. The molecule has 0 bridgehead atoms. The van der Waals surface area contributed by atoms with E-state index in [1.165, 1.54) is 6.07 Å². The number of hydrogen-bond donors (Lipinski definition) is 0. The van der Waals surface area contributed by atoms with Gasteiger partial charge in [-0.05, 0) is 52.0 Å². The highest BCUT2D eigenvalue weighted by atomic mass is 19.4. The van der Waals surface area contributed by atoms with E-state index in [0.29, 0.717) is 16.9 Å². The zero-order chi connectivity index (χ0) is 18.5. The van der Waals surface area contributed by atoms with Crippen molar-refractivity contribution in [1.29, 1.82) is 0 Å². The molecule has 1 aromatic carbocycles. The molecule has 0 atom stereocenters. The molecule has 1 saturated heterocycles. The Kier molecular flexibility index (Phi) is 4.20. The van der Waals surface area contributed by atoms with E-state index in [4.69, 9.17) is 9.31 Å². The van der Waals surface area contributed by atoms with Crippen molar-refractivity contribution in [3.8, 4) is 11.3 Å². The van der Waals surface area contributed by atoms with Gasteiger partial charge < -0.3 is 9.31 Å². The molecule has 2 heterocycles. The molecule has 0 saturated carbocycles. The summed E-state index contributed by atoms with van der Waals surface area (Å²) in [5.41, 5.74) is -0.343. The monoisotopic (exact) mass is 349 g/mol. The number of benzene rings is 1. The predicted molar refractivity (Wildman–Crippen MR) is 90.4 cm³/mol. The van der Waals surface area contributed by atoms with Gasteiger partial charge in [-0.2, -0.15) is 13.2 Å². The number of halogens is 3. The Morgan fingerprint density at radius 2 is 1.52 bits per heavy atom. The molecule has 0 unspecified atom stereocenters. The molecule has 3 nitrogen and oxygen atoms in total. The van der Waals surface area contributed by atoms with E-state index in [1.807, 2.05) is 27.7 Å². The van der Waals surface area contributed by atoms with Crippen LogP contribution in [0, 0.1) is 0 Å². The molecule has 0 spiro atoms. The van der Waals surface area contributed by atoms with E-state index in [9.17, 15) is 13.2 Å². The van der Waals surface area contributed by atoms with E-state index in [0.717, 1.165) is 12.1 Å². The van der Waals surface area contributed by atoms with Gasteiger partial charge in [-0.25, -0.2) is 0 Å². The lowest BCUT2D eigenvalue weighted by molar-refractivity contribution is -0.137. The molecule has 0 amide bonds. The molecular formula is C18H19BF3NO2. The fourth-order valence-electron chi connectivity index (χ4n) is 2.56. The molecular weight excluding hydrogens is 330 g/mol. The van der Waals surface area contributed by atoms with Gasteiger partial charge in [0.25, 0.3) is 0 Å². The summed E-state index contributed by atoms with van der Waals surface area (Å²) in [4.78, 5) is 4.46. The Morgan fingerprint density at radius 3 is 2.12 bits per heavy atom. The van der Waals surface area contributed by atoms with Crippen LogP contribution in [-0.4, -0.2) is 23.3 Å². The van der Waals surface area contributed by atoms with Gasteiger partial charge in [0, 0.05) is 5.56 Å². The van der Waals surface area contributed by atoms with Crippen molar-refractivity contribution in [1.82, 2.24) is 4.98 Å². The van der Waals surface area contributed by atoms with Gasteiger partial charge >= 0.3 is 13.3 Å². The van der Waals surface area contributed by atoms with Crippen LogP contribution in [0.5, 0.6) is 0 Å². The first-order valence-electron chi connectivity index (χ1n) is 8.00. The summed E-state index contributed by atoms with van der Waals surface area (Å²) in [5.74, 6) is 0. The Labute approximate surface area is 145 Å². The molecule has 1 fully saturated rings. The highest BCUT2D eigenvalue weighted by Crippen LogP contribution is 2.36. The third-order valence-electron chi connectivity index (χ3n) is 4.75. The maximum absolute atomic E-state index is 12.9. The second-order valence-electron chi connectivity index (χ2n) is 7.11. The minimum Gasteiger partial charge on any atom is -0.398 e. The Morgan fingerprint density at radius 1 is 0.920 bits per heavy atom. The highest BCUT2D eigenvalue weighted by molar-refractivity contribution is 6.61. The smallest absolute Gasteiger partial charge is 0.398 e. The highest BCUT2D eigenvalue weighted by Gasteiger charge is 2.52. The molecule has 132 valence electrons. The molecule has 1 aromatic heterocycles. The second-order valence-corrected chi connectivity index (χ2v) is 7.11. The van der Waals surface area contributed by atoms with Crippen molar-refractivity contribution in [3.05, 3.63) is 48.0 Å². The molecule has 7 heteroatoms. The van der Waals surface area contributed by atoms with Crippen LogP contribution in [0.3, 0.4) is 0 Å². The molecule has 0 N–H and O–H groups in total. The van der Waals surface area contributed by atoms with Crippen LogP contribution >= 0.6 is 0 Å². The van der Waals surface area contributed by atoms with Gasteiger partial charge in [-0.15, -0.1) is 0 Å². The van der Waals surface area contributed by atoms with Crippen molar-refractivity contribution < 1.29 is 22.5 Å². The SMILES string of the molecule is CC1(C)OB(c2cccc(-c3cccc(C(F)(F)F)c3)n2)OC1(C)C. The molecule has 2 aromatic rings. The first-order valence-corrected chi connectivity index (χ1v) is 8.00. The minimum atomic E-state index is -4.39. The van der Waals surface area contributed by atoms with Gasteiger partial charge in [0.2, 0.25) is 0 Å². The Bertz CT molecular complexity index is 774. The summed E-state index contributed by atoms with van der Waals surface area (Å²) in [7, 11) is -0.657. The van der Waals surface area contributed by atoms with E-state index in [-0.39, 0.29) is 0 Å². The van der Waals surface area contributed by atoms with Crippen LogP contribution in [-0.2, 0) is 15.5 Å². The van der Waals surface area contributed by atoms with E-state index < -0.39 is 30.1 Å². The third kappa shape index (κ3) is 3.44. The fraction of sp³-hybridized carbons (Fsp3) is 0.389. The predicted octanol–water partition coefficient (Wildman–Crippen LogP) is 4.07. The van der Waals surface area contributed by atoms with Crippen LogP contribution in [0.1, 0.15) is 33.3 Å². The average molecular weight is 349 g/mol. The molecule has 0 aliphatic carbocycles. The summed E-state index contributed by atoms with van der Waals surface area (Å²) in [6.07, 6.45) is -4.39. The van der Waals surface area contributed by atoms with Crippen LogP contribution in [0.25, 0.3) is 11.3 Å². The van der Waals surface area contributed by atoms with E-state index >= 15 is 0 Å². The largest absolute Gasteiger partial charge is 0.514 e. The normalized spacial score (nSPS) is 19.2. The lowest BCUT2D eigenvalue weighted by Gasteiger charge is -2.32. The number of hydrogen-bond acceptors (Lipinski definition) is 3. The topological polar surface area (TPSA) is 31.4 Å². The molecule has 1 aliphatic rings. The summed E-state index contributed by atoms with van der Waals surface area (Å²) >= 11 is 0. The number of alkyl halides is 3. The number of aromatic nitrogens is 1. The van der Waals surface area contributed by atoms with Crippen molar-refractivity contribution in [2.45, 2.75) is 45.1 Å². The van der Waals surface area contributed by atoms with Gasteiger partial charge in [0.1, 0.15) is 0 Å². The molecule has 3 rings (SSSR count). The van der Waals surface area contributed by atoms with Crippen molar-refractivity contribution in [2.75, 3.05) is 0 Å². The van der Waals surface area contributed by atoms with Crippen molar-refractivity contribution in [3.63, 3.8) is 0 Å². The van der Waals surface area contributed by atoms with Crippen LogP contribution < -0.4 is 5.59 Å². The minimum absolute atomic E-state index is 0.396. The second kappa shape index (κ2) is 5.85. The summed E-state index contributed by atoms with van der Waals surface area (Å²) in [5, 5.41) is 0. The average Bonchev–Trinajstić information content (AvgIpc) is 2.75. The first-order chi connectivity index (χ1) is 11.5. The Hall–Kier alpha value is -1.86. The summed E-state index contributed by atoms with van der Waals surface area (Å²) in [6.45, 7) is 7.74. The number of pyridine rings is 1. The maximum Gasteiger partial charge on any atom is 0.514 e. The van der Waals surface area contributed by atoms with Gasteiger partial charge in [-0.1, -0.05) is 18.2 Å². The standard InChI is InChI=1S/C18H19BF3NO2/c1-16(2)17(3,4)25-19(24-16)15-10-6-9-14(23-15)12-7-5-8-13(11-12)18(20,21)22/h5-11H,1-4H3. The third-order valence-corrected chi connectivity index (χ3v) is 4.75. The molecule has 1 aliphatic heterocycles. The fourth-order valence-corrected chi connectivity index (χ4v) is 2.56. The van der Waals surface area contributed by atoms with E-state index in [1.54, 1.807) is 24.3 Å². The van der Waals surface area contributed by atoms with Crippen molar-refractivity contribution >= 4 is 12.7 Å². The van der Waals surface area contributed by atoms with Gasteiger partial charge in [-0.3, -0.25) is 4.98 Å². The lowest BCUT2D eigenvalue weighted by Crippen LogP contribution is -2.41. The number of nitrogens with zero attached hydrogens (tertiary/aromatic N) is 1.